The van der Waals surface area contributed by atoms with Gasteiger partial charge in [0.25, 0.3) is 0 Å². The Kier molecular flexibility index (Phi) is 5.01. The van der Waals surface area contributed by atoms with Gasteiger partial charge in [0.2, 0.25) is 5.91 Å². The molecule has 2 aliphatic heterocycles. The van der Waals surface area contributed by atoms with Crippen LogP contribution in [0.3, 0.4) is 0 Å². The molecule has 0 aromatic heterocycles. The van der Waals surface area contributed by atoms with Crippen molar-refractivity contribution in [1.29, 1.82) is 0 Å². The van der Waals surface area contributed by atoms with Gasteiger partial charge in [-0.15, -0.1) is 0 Å². The first kappa shape index (κ1) is 13.8. The summed E-state index contributed by atoms with van der Waals surface area (Å²) in [6, 6.07) is 0.634. The highest BCUT2D eigenvalue weighted by Crippen LogP contribution is 2.19. The maximum atomic E-state index is 12.0. The number of likely N-dealkylation sites (tertiary alicyclic amines) is 1. The van der Waals surface area contributed by atoms with Crippen molar-refractivity contribution in [3.8, 4) is 0 Å². The Balaban J connectivity index is 1.85. The highest BCUT2D eigenvalue weighted by Gasteiger charge is 2.25. The lowest BCUT2D eigenvalue weighted by Gasteiger charge is -2.37. The van der Waals surface area contributed by atoms with Gasteiger partial charge in [0, 0.05) is 25.7 Å². The summed E-state index contributed by atoms with van der Waals surface area (Å²) >= 11 is 0. The number of carbonyl (C=O) groups is 1. The Labute approximate surface area is 111 Å². The Bertz CT molecular complexity index is 280. The zero-order valence-electron chi connectivity index (χ0n) is 11.8. The van der Waals surface area contributed by atoms with E-state index in [0.717, 1.165) is 32.6 Å². The van der Waals surface area contributed by atoms with E-state index in [-0.39, 0.29) is 5.91 Å². The number of nitrogens with zero attached hydrogens (tertiary/aromatic N) is 2. The molecule has 2 fully saturated rings. The van der Waals surface area contributed by atoms with Gasteiger partial charge in [-0.05, 0) is 52.1 Å². The van der Waals surface area contributed by atoms with Crippen molar-refractivity contribution in [2.75, 3.05) is 39.3 Å². The fourth-order valence-corrected chi connectivity index (χ4v) is 3.05. The van der Waals surface area contributed by atoms with Crippen LogP contribution in [0.25, 0.3) is 0 Å². The summed E-state index contributed by atoms with van der Waals surface area (Å²) in [5.41, 5.74) is 0. The molecule has 1 atom stereocenters. The highest BCUT2D eigenvalue weighted by molar-refractivity contribution is 5.78. The van der Waals surface area contributed by atoms with Crippen molar-refractivity contribution in [2.24, 2.45) is 5.92 Å². The van der Waals surface area contributed by atoms with Gasteiger partial charge >= 0.3 is 0 Å². The van der Waals surface area contributed by atoms with Crippen LogP contribution in [0, 0.1) is 5.92 Å². The second kappa shape index (κ2) is 6.53. The van der Waals surface area contributed by atoms with Crippen LogP contribution in [0.2, 0.25) is 0 Å². The quantitative estimate of drug-likeness (QED) is 0.813. The third-order valence-electron chi connectivity index (χ3n) is 4.17. The standard InChI is InChI=1S/C14H27N3O/c1-12(2)16-7-3-5-13(10-16)11-17-8-4-6-15-9-14(17)18/h12-13,15H,3-11H2,1-2H3. The van der Waals surface area contributed by atoms with Gasteiger partial charge in [0.1, 0.15) is 0 Å². The second-order valence-electron chi connectivity index (χ2n) is 5.97. The highest BCUT2D eigenvalue weighted by atomic mass is 16.2. The maximum Gasteiger partial charge on any atom is 0.236 e. The first-order chi connectivity index (χ1) is 8.66. The minimum atomic E-state index is 0.286. The van der Waals surface area contributed by atoms with Gasteiger partial charge in [-0.2, -0.15) is 0 Å². The predicted octanol–water partition coefficient (Wildman–Crippen LogP) is 0.929. The van der Waals surface area contributed by atoms with Crippen molar-refractivity contribution < 1.29 is 4.79 Å². The number of rotatable bonds is 3. The molecule has 0 bridgehead atoms. The van der Waals surface area contributed by atoms with Gasteiger partial charge in [-0.25, -0.2) is 0 Å². The van der Waals surface area contributed by atoms with Gasteiger partial charge in [0.05, 0.1) is 6.54 Å². The van der Waals surface area contributed by atoms with Crippen molar-refractivity contribution in [3.05, 3.63) is 0 Å². The molecule has 18 heavy (non-hydrogen) atoms. The van der Waals surface area contributed by atoms with Crippen molar-refractivity contribution in [2.45, 2.75) is 39.2 Å². The van der Waals surface area contributed by atoms with Crippen LogP contribution in [0.5, 0.6) is 0 Å². The molecule has 1 amide bonds. The third-order valence-corrected chi connectivity index (χ3v) is 4.17. The van der Waals surface area contributed by atoms with E-state index in [1.165, 1.54) is 19.4 Å². The van der Waals surface area contributed by atoms with Gasteiger partial charge < -0.3 is 15.1 Å². The minimum Gasteiger partial charge on any atom is -0.341 e. The fraction of sp³-hybridized carbons (Fsp3) is 0.929. The largest absolute Gasteiger partial charge is 0.341 e. The van der Waals surface area contributed by atoms with Crippen molar-refractivity contribution >= 4 is 5.91 Å². The Morgan fingerprint density at radius 3 is 2.94 bits per heavy atom. The molecule has 0 spiro atoms. The lowest BCUT2D eigenvalue weighted by atomic mass is 9.96. The molecular formula is C14H27N3O. The van der Waals surface area contributed by atoms with Crippen LogP contribution >= 0.6 is 0 Å². The second-order valence-corrected chi connectivity index (χ2v) is 5.97. The molecule has 0 aromatic carbocycles. The molecule has 0 aromatic rings. The molecule has 0 aliphatic carbocycles. The lowest BCUT2D eigenvalue weighted by Crippen LogP contribution is -2.45. The third kappa shape index (κ3) is 3.69. The van der Waals surface area contributed by atoms with E-state index in [4.69, 9.17) is 0 Å². The molecule has 4 heteroatoms. The summed E-state index contributed by atoms with van der Waals surface area (Å²) in [5, 5.41) is 3.19. The number of nitrogens with one attached hydrogen (secondary N) is 1. The minimum absolute atomic E-state index is 0.286. The summed E-state index contributed by atoms with van der Waals surface area (Å²) in [4.78, 5) is 16.6. The summed E-state index contributed by atoms with van der Waals surface area (Å²) < 4.78 is 0. The smallest absolute Gasteiger partial charge is 0.236 e. The topological polar surface area (TPSA) is 35.6 Å². The maximum absolute atomic E-state index is 12.0. The molecule has 0 radical (unpaired) electrons. The van der Waals surface area contributed by atoms with E-state index >= 15 is 0 Å². The van der Waals surface area contributed by atoms with Crippen molar-refractivity contribution in [3.63, 3.8) is 0 Å². The molecule has 2 rings (SSSR count). The number of hydrogen-bond acceptors (Lipinski definition) is 3. The molecule has 104 valence electrons. The van der Waals surface area contributed by atoms with Crippen LogP contribution in [0.1, 0.15) is 33.1 Å². The number of amides is 1. The number of piperidine rings is 1. The fourth-order valence-electron chi connectivity index (χ4n) is 3.05. The lowest BCUT2D eigenvalue weighted by molar-refractivity contribution is -0.130. The Morgan fingerprint density at radius 2 is 2.17 bits per heavy atom. The Morgan fingerprint density at radius 1 is 1.33 bits per heavy atom. The molecule has 2 aliphatic rings. The normalized spacial score (nSPS) is 27.6. The van der Waals surface area contributed by atoms with E-state index in [2.05, 4.69) is 29.0 Å². The van der Waals surface area contributed by atoms with Gasteiger partial charge in [-0.3, -0.25) is 4.79 Å². The summed E-state index contributed by atoms with van der Waals surface area (Å²) in [6.45, 7) is 10.3. The monoisotopic (exact) mass is 253 g/mol. The zero-order chi connectivity index (χ0) is 13.0. The first-order valence-electron chi connectivity index (χ1n) is 7.39. The average Bonchev–Trinajstić information content (AvgIpc) is 2.55. The SMILES string of the molecule is CC(C)N1CCCC(CN2CCCNCC2=O)C1. The Hall–Kier alpha value is -0.610. The molecular weight excluding hydrogens is 226 g/mol. The average molecular weight is 253 g/mol. The van der Waals surface area contributed by atoms with E-state index in [9.17, 15) is 4.79 Å². The van der Waals surface area contributed by atoms with Gasteiger partial charge in [0.15, 0.2) is 0 Å². The number of hydrogen-bond donors (Lipinski definition) is 1. The van der Waals surface area contributed by atoms with Gasteiger partial charge in [-0.1, -0.05) is 0 Å². The van der Waals surface area contributed by atoms with Crippen LogP contribution in [-0.2, 0) is 4.79 Å². The van der Waals surface area contributed by atoms with Crippen molar-refractivity contribution in [1.82, 2.24) is 15.1 Å². The van der Waals surface area contributed by atoms with E-state index < -0.39 is 0 Å². The molecule has 1 N–H and O–H groups in total. The summed E-state index contributed by atoms with van der Waals surface area (Å²) in [6.07, 6.45) is 3.65. The van der Waals surface area contributed by atoms with Crippen LogP contribution in [-0.4, -0.2) is 61.0 Å². The molecule has 2 heterocycles. The summed E-state index contributed by atoms with van der Waals surface area (Å²) in [5.74, 6) is 0.956. The molecule has 0 saturated carbocycles. The van der Waals surface area contributed by atoms with E-state index in [1.807, 2.05) is 0 Å². The van der Waals surface area contributed by atoms with Crippen LogP contribution in [0.15, 0.2) is 0 Å². The van der Waals surface area contributed by atoms with Crippen LogP contribution < -0.4 is 5.32 Å². The van der Waals surface area contributed by atoms with E-state index in [1.54, 1.807) is 0 Å². The molecule has 4 nitrogen and oxygen atoms in total. The molecule has 1 unspecified atom stereocenters. The first-order valence-corrected chi connectivity index (χ1v) is 7.39. The predicted molar refractivity (Wildman–Crippen MR) is 73.5 cm³/mol. The molecule has 2 saturated heterocycles. The zero-order valence-corrected chi connectivity index (χ0v) is 11.8. The van der Waals surface area contributed by atoms with Crippen LogP contribution in [0.4, 0.5) is 0 Å². The number of carbonyl (C=O) groups excluding carboxylic acids is 1. The summed E-state index contributed by atoms with van der Waals surface area (Å²) in [7, 11) is 0. The van der Waals surface area contributed by atoms with E-state index in [0.29, 0.717) is 18.5 Å².